The van der Waals surface area contributed by atoms with Crippen LogP contribution in [0, 0.1) is 17.1 Å². The number of carboxylic acids is 1. The second-order valence-corrected chi connectivity index (χ2v) is 3.83. The first-order valence-corrected chi connectivity index (χ1v) is 5.42. The van der Waals surface area contributed by atoms with Crippen molar-refractivity contribution in [3.63, 3.8) is 0 Å². The van der Waals surface area contributed by atoms with Gasteiger partial charge in [0.25, 0.3) is 0 Å². The number of anilines is 1. The number of hydrogen-bond acceptors (Lipinski definition) is 4. The summed E-state index contributed by atoms with van der Waals surface area (Å²) < 4.78 is 12.9. The summed E-state index contributed by atoms with van der Waals surface area (Å²) in [4.78, 5) is 22.0. The van der Waals surface area contributed by atoms with Gasteiger partial charge in [0.05, 0.1) is 17.3 Å². The van der Waals surface area contributed by atoms with Crippen LogP contribution in [0.3, 0.4) is 0 Å². The Bertz CT molecular complexity index is 540. The van der Waals surface area contributed by atoms with Crippen LogP contribution in [0.25, 0.3) is 0 Å². The van der Waals surface area contributed by atoms with Crippen molar-refractivity contribution in [2.75, 3.05) is 5.32 Å². The minimum absolute atomic E-state index is 0.0236. The molecule has 0 aliphatic heterocycles. The van der Waals surface area contributed by atoms with Gasteiger partial charge in [0.1, 0.15) is 11.9 Å². The van der Waals surface area contributed by atoms with Crippen LogP contribution in [0.2, 0.25) is 0 Å². The molecule has 19 heavy (non-hydrogen) atoms. The molecule has 0 bridgehead atoms. The number of carbonyl (C=O) groups excluding carboxylic acids is 1. The van der Waals surface area contributed by atoms with Crippen LogP contribution < -0.4 is 11.1 Å². The van der Waals surface area contributed by atoms with Gasteiger partial charge in [0.2, 0.25) is 5.91 Å². The van der Waals surface area contributed by atoms with Gasteiger partial charge in [-0.05, 0) is 24.6 Å². The number of carboxylic acid groups (broad SMARTS) is 1. The summed E-state index contributed by atoms with van der Waals surface area (Å²) in [7, 11) is 0. The first kappa shape index (κ1) is 14.6. The fourth-order valence-corrected chi connectivity index (χ4v) is 1.35. The van der Waals surface area contributed by atoms with E-state index in [1.807, 2.05) is 0 Å². The number of nitrogens with zero attached hydrogens (tertiary/aromatic N) is 1. The highest BCUT2D eigenvalue weighted by molar-refractivity contribution is 5.95. The van der Waals surface area contributed by atoms with Crippen molar-refractivity contribution < 1.29 is 19.1 Å². The fourth-order valence-electron chi connectivity index (χ4n) is 1.35. The molecule has 1 aromatic carbocycles. The third kappa shape index (κ3) is 4.37. The van der Waals surface area contributed by atoms with Crippen molar-refractivity contribution >= 4 is 17.6 Å². The van der Waals surface area contributed by atoms with E-state index >= 15 is 0 Å². The van der Waals surface area contributed by atoms with E-state index < -0.39 is 23.7 Å². The molecule has 1 rings (SSSR count). The lowest BCUT2D eigenvalue weighted by Crippen LogP contribution is -2.36. The summed E-state index contributed by atoms with van der Waals surface area (Å²) in [5.74, 6) is -2.27. The maximum Gasteiger partial charge on any atom is 0.303 e. The fraction of sp³-hybridized carbons (Fsp3) is 0.250. The third-order valence-corrected chi connectivity index (χ3v) is 2.37. The summed E-state index contributed by atoms with van der Waals surface area (Å²) in [6, 6.07) is 4.06. The molecule has 0 spiro atoms. The number of carbonyl (C=O) groups is 2. The summed E-state index contributed by atoms with van der Waals surface area (Å²) in [5.41, 5.74) is 5.61. The molecule has 0 radical (unpaired) electrons. The lowest BCUT2D eigenvalue weighted by Gasteiger charge is -2.12. The normalized spacial score (nSPS) is 11.4. The second kappa shape index (κ2) is 6.47. The quantitative estimate of drug-likeness (QED) is 0.729. The van der Waals surface area contributed by atoms with Gasteiger partial charge in [-0.25, -0.2) is 4.39 Å². The highest BCUT2D eigenvalue weighted by Crippen LogP contribution is 2.16. The van der Waals surface area contributed by atoms with Crippen LogP contribution >= 0.6 is 0 Å². The molecule has 0 saturated carbocycles. The number of aliphatic carboxylic acids is 1. The molecule has 1 amide bonds. The van der Waals surface area contributed by atoms with E-state index in [-0.39, 0.29) is 24.1 Å². The molecule has 4 N–H and O–H groups in total. The molecule has 0 aromatic heterocycles. The molecule has 0 aliphatic carbocycles. The zero-order valence-electron chi connectivity index (χ0n) is 9.89. The van der Waals surface area contributed by atoms with Gasteiger partial charge < -0.3 is 16.2 Å². The third-order valence-electron chi connectivity index (χ3n) is 2.37. The van der Waals surface area contributed by atoms with Crippen molar-refractivity contribution in [1.29, 1.82) is 5.26 Å². The average Bonchev–Trinajstić information content (AvgIpc) is 2.37. The van der Waals surface area contributed by atoms with Crippen LogP contribution in [-0.2, 0) is 9.59 Å². The van der Waals surface area contributed by atoms with Gasteiger partial charge in [0, 0.05) is 6.42 Å². The molecular formula is C12H12FN3O3. The Kier molecular flexibility index (Phi) is 4.97. The Labute approximate surface area is 108 Å². The number of nitriles is 1. The van der Waals surface area contributed by atoms with Crippen molar-refractivity contribution in [2.24, 2.45) is 5.73 Å². The van der Waals surface area contributed by atoms with E-state index in [2.05, 4.69) is 5.32 Å². The maximum atomic E-state index is 12.9. The minimum Gasteiger partial charge on any atom is -0.481 e. The molecular weight excluding hydrogens is 253 g/mol. The van der Waals surface area contributed by atoms with Gasteiger partial charge in [0.15, 0.2) is 0 Å². The van der Waals surface area contributed by atoms with E-state index in [0.717, 1.165) is 12.1 Å². The smallest absolute Gasteiger partial charge is 0.303 e. The number of hydrogen-bond donors (Lipinski definition) is 3. The predicted octanol–water partition coefficient (Wildman–Crippen LogP) is 0.828. The highest BCUT2D eigenvalue weighted by Gasteiger charge is 2.16. The number of rotatable bonds is 5. The van der Waals surface area contributed by atoms with Crippen LogP contribution in [0.4, 0.5) is 10.1 Å². The van der Waals surface area contributed by atoms with Crippen LogP contribution in [0.5, 0.6) is 0 Å². The Balaban J connectivity index is 2.72. The number of benzene rings is 1. The van der Waals surface area contributed by atoms with Gasteiger partial charge >= 0.3 is 5.97 Å². The molecule has 6 nitrogen and oxygen atoms in total. The molecule has 0 aliphatic rings. The number of nitrogens with two attached hydrogens (primary N) is 1. The Morgan fingerprint density at radius 1 is 1.53 bits per heavy atom. The second-order valence-electron chi connectivity index (χ2n) is 3.83. The molecule has 0 fully saturated rings. The topological polar surface area (TPSA) is 116 Å². The SMILES string of the molecule is N#Cc1cc(F)ccc1NC(=O)C(N)CCC(=O)O. The van der Waals surface area contributed by atoms with E-state index in [4.69, 9.17) is 16.1 Å². The van der Waals surface area contributed by atoms with Gasteiger partial charge in [-0.15, -0.1) is 0 Å². The number of halogens is 1. The van der Waals surface area contributed by atoms with Crippen molar-refractivity contribution in [2.45, 2.75) is 18.9 Å². The van der Waals surface area contributed by atoms with Crippen molar-refractivity contribution in [3.05, 3.63) is 29.6 Å². The minimum atomic E-state index is -1.05. The standard InChI is InChI=1S/C12H12FN3O3/c13-8-1-3-10(7(5-8)6-14)16-12(19)9(15)2-4-11(17)18/h1,3,5,9H,2,4,15H2,(H,16,19)(H,17,18). The highest BCUT2D eigenvalue weighted by atomic mass is 19.1. The first-order chi connectivity index (χ1) is 8.93. The predicted molar refractivity (Wildman–Crippen MR) is 64.6 cm³/mol. The monoisotopic (exact) mass is 265 g/mol. The van der Waals surface area contributed by atoms with E-state index in [1.165, 1.54) is 6.07 Å². The Morgan fingerprint density at radius 3 is 2.79 bits per heavy atom. The lowest BCUT2D eigenvalue weighted by molar-refractivity contribution is -0.137. The molecule has 100 valence electrons. The molecule has 0 heterocycles. The Hall–Kier alpha value is -2.46. The van der Waals surface area contributed by atoms with Crippen LogP contribution in [0.1, 0.15) is 18.4 Å². The number of nitrogens with one attached hydrogen (secondary N) is 1. The zero-order chi connectivity index (χ0) is 14.4. The van der Waals surface area contributed by atoms with Crippen LogP contribution in [-0.4, -0.2) is 23.0 Å². The summed E-state index contributed by atoms with van der Waals surface area (Å²) in [6.45, 7) is 0. The Morgan fingerprint density at radius 2 is 2.21 bits per heavy atom. The first-order valence-electron chi connectivity index (χ1n) is 5.42. The largest absolute Gasteiger partial charge is 0.481 e. The molecule has 1 aromatic rings. The lowest BCUT2D eigenvalue weighted by atomic mass is 10.1. The summed E-state index contributed by atoms with van der Waals surface area (Å²) >= 11 is 0. The summed E-state index contributed by atoms with van der Waals surface area (Å²) in [6.07, 6.45) is -0.257. The average molecular weight is 265 g/mol. The van der Waals surface area contributed by atoms with Gasteiger partial charge in [-0.3, -0.25) is 9.59 Å². The number of amides is 1. The van der Waals surface area contributed by atoms with E-state index in [1.54, 1.807) is 6.07 Å². The molecule has 1 atom stereocenters. The molecule has 0 saturated heterocycles. The van der Waals surface area contributed by atoms with Gasteiger partial charge in [-0.2, -0.15) is 5.26 Å². The van der Waals surface area contributed by atoms with Crippen molar-refractivity contribution in [1.82, 2.24) is 0 Å². The van der Waals surface area contributed by atoms with Gasteiger partial charge in [-0.1, -0.05) is 0 Å². The van der Waals surface area contributed by atoms with E-state index in [0.29, 0.717) is 0 Å². The van der Waals surface area contributed by atoms with E-state index in [9.17, 15) is 14.0 Å². The summed E-state index contributed by atoms with van der Waals surface area (Å²) in [5, 5.41) is 19.6. The molecule has 7 heteroatoms. The molecule has 1 unspecified atom stereocenters. The van der Waals surface area contributed by atoms with Crippen LogP contribution in [0.15, 0.2) is 18.2 Å². The van der Waals surface area contributed by atoms with Crippen molar-refractivity contribution in [3.8, 4) is 6.07 Å². The maximum absolute atomic E-state index is 12.9. The zero-order valence-corrected chi connectivity index (χ0v) is 9.89.